The molecular formula is C15H13Cl2N4O2+. The monoisotopic (exact) mass is 351 g/mol. The Morgan fingerprint density at radius 1 is 1.22 bits per heavy atom. The van der Waals surface area contributed by atoms with Gasteiger partial charge in [0.25, 0.3) is 5.84 Å². The van der Waals surface area contributed by atoms with Gasteiger partial charge in [-0.15, -0.1) is 0 Å². The van der Waals surface area contributed by atoms with Crippen LogP contribution in [0.1, 0.15) is 11.5 Å². The van der Waals surface area contributed by atoms with Crippen LogP contribution in [0, 0.1) is 33.5 Å². The van der Waals surface area contributed by atoms with Gasteiger partial charge in [-0.1, -0.05) is 29.3 Å². The first-order valence-corrected chi connectivity index (χ1v) is 7.45. The molecule has 1 heterocycles. The van der Waals surface area contributed by atoms with Gasteiger partial charge in [-0.3, -0.25) is 5.73 Å². The zero-order chi connectivity index (χ0) is 17.0. The van der Waals surface area contributed by atoms with Gasteiger partial charge in [0, 0.05) is 30.2 Å². The quantitative estimate of drug-likeness (QED) is 0.771. The molecule has 1 saturated carbocycles. The van der Waals surface area contributed by atoms with E-state index in [4.69, 9.17) is 38.4 Å². The van der Waals surface area contributed by atoms with Crippen LogP contribution in [0.3, 0.4) is 0 Å². The number of methoxy groups -OCH3 is 2. The van der Waals surface area contributed by atoms with Crippen LogP contribution in [0.15, 0.2) is 18.2 Å². The summed E-state index contributed by atoms with van der Waals surface area (Å²) in [4.78, 5) is 2.82. The van der Waals surface area contributed by atoms with E-state index in [0.717, 1.165) is 0 Å². The summed E-state index contributed by atoms with van der Waals surface area (Å²) in [7, 11) is 2.77. The normalized spacial score (nSPS) is 33.3. The zero-order valence-electron chi connectivity index (χ0n) is 12.4. The van der Waals surface area contributed by atoms with Gasteiger partial charge in [-0.05, 0) is 17.7 Å². The van der Waals surface area contributed by atoms with Gasteiger partial charge in [-0.2, -0.15) is 10.5 Å². The van der Waals surface area contributed by atoms with Crippen LogP contribution >= 0.6 is 23.2 Å². The highest BCUT2D eigenvalue weighted by Gasteiger charge is 2.97. The van der Waals surface area contributed by atoms with Crippen LogP contribution < -0.4 is 10.7 Å². The lowest BCUT2D eigenvalue weighted by Crippen LogP contribution is -2.90. The first-order chi connectivity index (χ1) is 10.9. The molecule has 6 nitrogen and oxygen atoms in total. The minimum absolute atomic E-state index is 0.126. The van der Waals surface area contributed by atoms with Crippen LogP contribution in [-0.2, 0) is 9.47 Å². The maximum atomic E-state index is 9.92. The van der Waals surface area contributed by atoms with E-state index >= 15 is 0 Å². The topological polar surface area (TPSA) is 106 Å². The number of nitrogens with two attached hydrogens (primary N) is 1. The fourth-order valence-corrected chi connectivity index (χ4v) is 4.33. The number of nitrogens with zero attached hydrogens (tertiary/aromatic N) is 2. The number of ether oxygens (including phenoxy) is 2. The molecule has 0 unspecified atom stereocenters. The molecule has 2 aliphatic rings. The van der Waals surface area contributed by atoms with E-state index < -0.39 is 22.7 Å². The van der Waals surface area contributed by atoms with E-state index in [2.05, 4.69) is 17.1 Å². The SMILES string of the molecule is COC1(OC)[NH+]=C(N)[C@@]2(C#N)[C@@H](c3ccc(Cl)cc3Cl)[C@@]12C#N. The predicted molar refractivity (Wildman–Crippen MR) is 82.2 cm³/mol. The number of nitrogens with one attached hydrogen (secondary N) is 1. The number of hydrogen-bond acceptors (Lipinski definition) is 5. The second-order valence-corrected chi connectivity index (χ2v) is 6.35. The Balaban J connectivity index is 2.28. The summed E-state index contributed by atoms with van der Waals surface area (Å²) >= 11 is 12.2. The Labute approximate surface area is 143 Å². The second-order valence-electron chi connectivity index (χ2n) is 5.50. The third-order valence-electron chi connectivity index (χ3n) is 4.85. The molecule has 3 N–H and O–H groups in total. The summed E-state index contributed by atoms with van der Waals surface area (Å²) in [5.41, 5.74) is 4.00. The standard InChI is InChI=1S/C15H12Cl2N4O2/c1-22-15(23-2)14(7-19)11(13(14,6-18)12(20)21-15)9-4-3-8(16)5-10(9)17/h3-5,11H,1-2H3,(H2,20,21)/p+1/t11-,13-,14-/m1/s1. The molecule has 3 atom stereocenters. The average molecular weight is 352 g/mol. The molecule has 1 aliphatic heterocycles. The Kier molecular flexibility index (Phi) is 3.37. The lowest BCUT2D eigenvalue weighted by atomic mass is 9.93. The summed E-state index contributed by atoms with van der Waals surface area (Å²) in [6.45, 7) is 0. The van der Waals surface area contributed by atoms with Crippen LogP contribution in [0.5, 0.6) is 0 Å². The number of benzene rings is 1. The van der Waals surface area contributed by atoms with Crippen molar-refractivity contribution < 1.29 is 14.5 Å². The van der Waals surface area contributed by atoms with Crippen molar-refractivity contribution in [2.45, 2.75) is 11.8 Å². The predicted octanol–water partition coefficient (Wildman–Crippen LogP) is 0.509. The number of amidine groups is 1. The third kappa shape index (κ3) is 1.52. The van der Waals surface area contributed by atoms with Gasteiger partial charge in [0.05, 0.1) is 12.1 Å². The maximum Gasteiger partial charge on any atom is 0.342 e. The highest BCUT2D eigenvalue weighted by atomic mass is 35.5. The minimum Gasteiger partial charge on any atom is -0.317 e. The molecule has 8 heteroatoms. The van der Waals surface area contributed by atoms with Gasteiger partial charge in [0.15, 0.2) is 10.8 Å². The average Bonchev–Trinajstić information content (AvgIpc) is 3.10. The molecule has 23 heavy (non-hydrogen) atoms. The second kappa shape index (κ2) is 4.83. The molecular weight excluding hydrogens is 339 g/mol. The van der Waals surface area contributed by atoms with Gasteiger partial charge in [0.2, 0.25) is 0 Å². The van der Waals surface area contributed by atoms with Gasteiger partial charge in [-0.25, -0.2) is 4.99 Å². The Morgan fingerprint density at radius 2 is 1.87 bits per heavy atom. The summed E-state index contributed by atoms with van der Waals surface area (Å²) < 4.78 is 10.9. The molecule has 118 valence electrons. The van der Waals surface area contributed by atoms with Crippen molar-refractivity contribution >= 4 is 29.0 Å². The number of halogens is 2. The molecule has 1 aliphatic carbocycles. The van der Waals surface area contributed by atoms with Gasteiger partial charge in [0.1, 0.15) is 0 Å². The number of nitriles is 2. The van der Waals surface area contributed by atoms with E-state index in [1.165, 1.54) is 14.2 Å². The lowest BCUT2D eigenvalue weighted by molar-refractivity contribution is -0.687. The summed E-state index contributed by atoms with van der Waals surface area (Å²) in [5.74, 6) is -2.01. The smallest absolute Gasteiger partial charge is 0.317 e. The number of rotatable bonds is 3. The van der Waals surface area contributed by atoms with E-state index in [0.29, 0.717) is 15.6 Å². The molecule has 0 bridgehead atoms. The summed E-state index contributed by atoms with van der Waals surface area (Å²) in [5, 5.41) is 20.5. The Bertz CT molecular complexity index is 809. The fourth-order valence-electron chi connectivity index (χ4n) is 3.82. The van der Waals surface area contributed by atoms with Crippen molar-refractivity contribution in [3.63, 3.8) is 0 Å². The largest absolute Gasteiger partial charge is 0.342 e. The number of fused-ring (bicyclic) bond motifs is 1. The van der Waals surface area contributed by atoms with Gasteiger partial charge >= 0.3 is 5.91 Å². The molecule has 0 amide bonds. The molecule has 1 fully saturated rings. The third-order valence-corrected chi connectivity index (χ3v) is 5.41. The summed E-state index contributed by atoms with van der Waals surface area (Å²) in [6.07, 6.45) is 0. The van der Waals surface area contributed by atoms with Crippen molar-refractivity contribution in [3.8, 4) is 12.1 Å². The minimum atomic E-state index is -1.53. The molecule has 0 radical (unpaired) electrons. The lowest BCUT2D eigenvalue weighted by Gasteiger charge is -2.27. The maximum absolute atomic E-state index is 9.92. The fraction of sp³-hybridized carbons (Fsp3) is 0.400. The van der Waals surface area contributed by atoms with Crippen molar-refractivity contribution in [1.82, 2.24) is 0 Å². The summed E-state index contributed by atoms with van der Waals surface area (Å²) in [6, 6.07) is 9.27. The highest BCUT2D eigenvalue weighted by molar-refractivity contribution is 6.35. The molecule has 1 aromatic rings. The molecule has 0 saturated heterocycles. The van der Waals surface area contributed by atoms with E-state index in [1.54, 1.807) is 18.2 Å². The first-order valence-electron chi connectivity index (χ1n) is 6.69. The van der Waals surface area contributed by atoms with Crippen molar-refractivity contribution in [2.75, 3.05) is 14.2 Å². The van der Waals surface area contributed by atoms with Crippen molar-refractivity contribution in [1.29, 1.82) is 10.5 Å². The van der Waals surface area contributed by atoms with Crippen LogP contribution in [-0.4, -0.2) is 26.0 Å². The van der Waals surface area contributed by atoms with Crippen molar-refractivity contribution in [3.05, 3.63) is 33.8 Å². The van der Waals surface area contributed by atoms with E-state index in [9.17, 15) is 10.5 Å². The Hall–Kier alpha value is -1.83. The zero-order valence-corrected chi connectivity index (χ0v) is 13.9. The van der Waals surface area contributed by atoms with Crippen LogP contribution in [0.2, 0.25) is 10.0 Å². The Morgan fingerprint density at radius 3 is 2.35 bits per heavy atom. The van der Waals surface area contributed by atoms with Crippen LogP contribution in [0.4, 0.5) is 0 Å². The van der Waals surface area contributed by atoms with Crippen LogP contribution in [0.25, 0.3) is 0 Å². The molecule has 1 aromatic carbocycles. The molecule has 3 rings (SSSR count). The molecule has 0 aromatic heterocycles. The van der Waals surface area contributed by atoms with E-state index in [-0.39, 0.29) is 5.84 Å². The van der Waals surface area contributed by atoms with E-state index in [1.807, 2.05) is 0 Å². The van der Waals surface area contributed by atoms with Gasteiger partial charge < -0.3 is 9.47 Å². The highest BCUT2D eigenvalue weighted by Crippen LogP contribution is 2.79. The molecule has 0 spiro atoms. The first kappa shape index (κ1) is 16.0. The van der Waals surface area contributed by atoms with Crippen molar-refractivity contribution in [2.24, 2.45) is 16.6 Å². The number of hydrogen-bond donors (Lipinski definition) is 2.